The van der Waals surface area contributed by atoms with Crippen LogP contribution in [0.5, 0.6) is 0 Å². The first-order chi connectivity index (χ1) is 9.83. The molecule has 0 aliphatic carbocycles. The van der Waals surface area contributed by atoms with E-state index in [9.17, 15) is 14.7 Å². The maximum atomic E-state index is 12.4. The molecule has 2 unspecified atom stereocenters. The first-order valence-electron chi connectivity index (χ1n) is 7.80. The Bertz CT molecular complexity index is 411. The summed E-state index contributed by atoms with van der Waals surface area (Å²) >= 11 is 0. The van der Waals surface area contributed by atoms with Crippen LogP contribution >= 0.6 is 0 Å². The van der Waals surface area contributed by atoms with Gasteiger partial charge in [-0.05, 0) is 44.7 Å². The molecule has 6 nitrogen and oxygen atoms in total. The third-order valence-electron chi connectivity index (χ3n) is 4.93. The molecule has 0 spiro atoms. The third kappa shape index (κ3) is 3.48. The largest absolute Gasteiger partial charge is 0.480 e. The first-order valence-corrected chi connectivity index (χ1v) is 7.80. The number of nitrogens with one attached hydrogen (secondary N) is 1. The van der Waals surface area contributed by atoms with Crippen molar-refractivity contribution in [2.24, 2.45) is 5.41 Å². The van der Waals surface area contributed by atoms with Gasteiger partial charge in [0.15, 0.2) is 0 Å². The van der Waals surface area contributed by atoms with Crippen LogP contribution in [0.25, 0.3) is 0 Å². The Hall–Kier alpha value is -1.30. The van der Waals surface area contributed by atoms with E-state index in [2.05, 4.69) is 17.3 Å². The average Bonchev–Trinajstić information content (AvgIpc) is 2.79. The third-order valence-corrected chi connectivity index (χ3v) is 4.93. The fourth-order valence-electron chi connectivity index (χ4n) is 3.62. The van der Waals surface area contributed by atoms with Crippen LogP contribution in [0.3, 0.4) is 0 Å². The molecule has 0 aromatic carbocycles. The lowest BCUT2D eigenvalue weighted by Gasteiger charge is -2.43. The number of likely N-dealkylation sites (N-methyl/N-ethyl adjacent to an activating group) is 1. The SMILES string of the molecule is CN1CCCC1CNC(=O)N1CCCC(C)(C)C1C(=O)O. The number of urea groups is 1. The van der Waals surface area contributed by atoms with Crippen molar-refractivity contribution in [2.45, 2.75) is 51.6 Å². The summed E-state index contributed by atoms with van der Waals surface area (Å²) in [7, 11) is 2.06. The monoisotopic (exact) mass is 297 g/mol. The maximum Gasteiger partial charge on any atom is 0.327 e. The van der Waals surface area contributed by atoms with Crippen LogP contribution in [0.4, 0.5) is 4.79 Å². The van der Waals surface area contributed by atoms with Gasteiger partial charge in [-0.25, -0.2) is 9.59 Å². The van der Waals surface area contributed by atoms with Crippen LogP contribution in [0.1, 0.15) is 39.5 Å². The van der Waals surface area contributed by atoms with Crippen molar-refractivity contribution in [3.63, 3.8) is 0 Å². The summed E-state index contributed by atoms with van der Waals surface area (Å²) in [6.07, 6.45) is 3.93. The lowest BCUT2D eigenvalue weighted by molar-refractivity contribution is -0.148. The molecule has 2 heterocycles. The maximum absolute atomic E-state index is 12.4. The van der Waals surface area contributed by atoms with Crippen molar-refractivity contribution >= 4 is 12.0 Å². The summed E-state index contributed by atoms with van der Waals surface area (Å²) in [5.41, 5.74) is -0.383. The Morgan fingerprint density at radius 3 is 2.57 bits per heavy atom. The number of carboxylic acids is 1. The number of carboxylic acid groups (broad SMARTS) is 1. The number of aliphatic carboxylic acids is 1. The zero-order chi connectivity index (χ0) is 15.6. The lowest BCUT2D eigenvalue weighted by Crippen LogP contribution is -2.59. The molecule has 0 aromatic heterocycles. The number of rotatable bonds is 3. The van der Waals surface area contributed by atoms with E-state index in [1.54, 1.807) is 0 Å². The van der Waals surface area contributed by atoms with Crippen LogP contribution < -0.4 is 5.32 Å². The zero-order valence-electron chi connectivity index (χ0n) is 13.3. The molecule has 2 atom stereocenters. The second kappa shape index (κ2) is 6.22. The minimum absolute atomic E-state index is 0.240. The number of hydrogen-bond acceptors (Lipinski definition) is 3. The van der Waals surface area contributed by atoms with E-state index in [0.717, 1.165) is 32.2 Å². The van der Waals surface area contributed by atoms with Gasteiger partial charge in [-0.1, -0.05) is 13.8 Å². The van der Waals surface area contributed by atoms with Gasteiger partial charge in [0, 0.05) is 19.1 Å². The Kier molecular flexibility index (Phi) is 4.76. The molecule has 0 saturated carbocycles. The normalized spacial score (nSPS) is 29.4. The molecule has 0 aromatic rings. The van der Waals surface area contributed by atoms with Gasteiger partial charge in [0.2, 0.25) is 0 Å². The predicted molar refractivity (Wildman–Crippen MR) is 80.2 cm³/mol. The highest BCUT2D eigenvalue weighted by Crippen LogP contribution is 2.35. The molecule has 2 saturated heterocycles. The van der Waals surface area contributed by atoms with E-state index in [0.29, 0.717) is 19.1 Å². The molecular weight excluding hydrogens is 270 g/mol. The Labute approximate surface area is 126 Å². The van der Waals surface area contributed by atoms with Gasteiger partial charge in [-0.3, -0.25) is 0 Å². The molecule has 0 radical (unpaired) electrons. The Morgan fingerprint density at radius 1 is 1.29 bits per heavy atom. The van der Waals surface area contributed by atoms with Gasteiger partial charge in [0.05, 0.1) is 0 Å². The number of piperidine rings is 1. The number of likely N-dealkylation sites (tertiary alicyclic amines) is 2. The van der Waals surface area contributed by atoms with E-state index in [4.69, 9.17) is 0 Å². The van der Waals surface area contributed by atoms with Crippen LogP contribution in [-0.4, -0.2) is 65.7 Å². The molecule has 21 heavy (non-hydrogen) atoms. The Balaban J connectivity index is 1.97. The standard InChI is InChI=1S/C15H27N3O3/c1-15(2)7-5-9-18(12(15)13(19)20)14(21)16-10-11-6-4-8-17(11)3/h11-12H,4-10H2,1-3H3,(H,16,21)(H,19,20). The van der Waals surface area contributed by atoms with Gasteiger partial charge >= 0.3 is 12.0 Å². The number of carbonyl (C=O) groups is 2. The molecule has 2 aliphatic heterocycles. The van der Waals surface area contributed by atoms with Crippen LogP contribution in [0.15, 0.2) is 0 Å². The molecule has 2 fully saturated rings. The number of carbonyl (C=O) groups excluding carboxylic acids is 1. The van der Waals surface area contributed by atoms with Crippen LogP contribution in [-0.2, 0) is 4.79 Å². The van der Waals surface area contributed by atoms with Crippen LogP contribution in [0, 0.1) is 5.41 Å². The smallest absolute Gasteiger partial charge is 0.327 e. The minimum atomic E-state index is -0.909. The van der Waals surface area contributed by atoms with Gasteiger partial charge in [-0.2, -0.15) is 0 Å². The van der Waals surface area contributed by atoms with Crippen molar-refractivity contribution in [1.29, 1.82) is 0 Å². The van der Waals surface area contributed by atoms with Gasteiger partial charge in [0.25, 0.3) is 0 Å². The molecule has 6 heteroatoms. The predicted octanol–water partition coefficient (Wildman–Crippen LogP) is 1.37. The van der Waals surface area contributed by atoms with E-state index >= 15 is 0 Å². The average molecular weight is 297 g/mol. The molecular formula is C15H27N3O3. The fourth-order valence-corrected chi connectivity index (χ4v) is 3.62. The van der Waals surface area contributed by atoms with Crippen molar-refractivity contribution in [1.82, 2.24) is 15.1 Å². The van der Waals surface area contributed by atoms with Crippen molar-refractivity contribution in [3.05, 3.63) is 0 Å². The lowest BCUT2D eigenvalue weighted by atomic mass is 9.76. The summed E-state index contributed by atoms with van der Waals surface area (Å²) in [6, 6.07) is -0.613. The highest BCUT2D eigenvalue weighted by atomic mass is 16.4. The highest BCUT2D eigenvalue weighted by Gasteiger charge is 2.44. The minimum Gasteiger partial charge on any atom is -0.480 e. The number of amides is 2. The molecule has 2 aliphatic rings. The molecule has 2 N–H and O–H groups in total. The first kappa shape index (κ1) is 16.1. The van der Waals surface area contributed by atoms with Crippen molar-refractivity contribution in [2.75, 3.05) is 26.7 Å². The molecule has 120 valence electrons. The van der Waals surface area contributed by atoms with Gasteiger partial charge in [0.1, 0.15) is 6.04 Å². The summed E-state index contributed by atoms with van der Waals surface area (Å²) in [4.78, 5) is 27.7. The van der Waals surface area contributed by atoms with E-state index in [-0.39, 0.29) is 11.4 Å². The summed E-state index contributed by atoms with van der Waals surface area (Å²) in [5.74, 6) is -0.909. The van der Waals surface area contributed by atoms with Gasteiger partial charge in [-0.15, -0.1) is 0 Å². The molecule has 2 amide bonds. The van der Waals surface area contributed by atoms with E-state index in [1.807, 2.05) is 13.8 Å². The summed E-state index contributed by atoms with van der Waals surface area (Å²) in [6.45, 7) is 6.03. The Morgan fingerprint density at radius 2 is 2.00 bits per heavy atom. The molecule has 0 bridgehead atoms. The van der Waals surface area contributed by atoms with Gasteiger partial charge < -0.3 is 20.2 Å². The number of hydrogen-bond donors (Lipinski definition) is 2. The topological polar surface area (TPSA) is 72.9 Å². The zero-order valence-corrected chi connectivity index (χ0v) is 13.3. The van der Waals surface area contributed by atoms with E-state index in [1.165, 1.54) is 4.90 Å². The van der Waals surface area contributed by atoms with Crippen molar-refractivity contribution < 1.29 is 14.7 Å². The number of nitrogens with zero attached hydrogens (tertiary/aromatic N) is 2. The summed E-state index contributed by atoms with van der Waals surface area (Å²) < 4.78 is 0. The highest BCUT2D eigenvalue weighted by molar-refractivity contribution is 5.83. The molecule has 2 rings (SSSR count). The van der Waals surface area contributed by atoms with Crippen molar-refractivity contribution in [3.8, 4) is 0 Å². The second-order valence-electron chi connectivity index (χ2n) is 6.99. The fraction of sp³-hybridized carbons (Fsp3) is 0.867. The van der Waals surface area contributed by atoms with E-state index < -0.39 is 12.0 Å². The quantitative estimate of drug-likeness (QED) is 0.825. The summed E-state index contributed by atoms with van der Waals surface area (Å²) in [5, 5.41) is 12.4. The second-order valence-corrected chi connectivity index (χ2v) is 6.99. The van der Waals surface area contributed by atoms with Crippen LogP contribution in [0.2, 0.25) is 0 Å².